The number of carbonyl (C=O) groups excluding carboxylic acids is 1. The van der Waals surface area contributed by atoms with E-state index in [4.69, 9.17) is 14.6 Å². The molecule has 162 valence electrons. The number of aliphatic carboxylic acids is 1. The molecule has 0 spiro atoms. The maximum absolute atomic E-state index is 12.3. The van der Waals surface area contributed by atoms with Crippen LogP contribution in [0.4, 0.5) is 5.69 Å². The molecule has 0 atom stereocenters. The molecule has 0 aliphatic carbocycles. The zero-order chi connectivity index (χ0) is 23.8. The van der Waals surface area contributed by atoms with Crippen molar-refractivity contribution in [2.24, 2.45) is 4.99 Å². The third-order valence-electron chi connectivity index (χ3n) is 4.53. The Morgan fingerprint density at radius 1 is 1.06 bits per heavy atom. The van der Waals surface area contributed by atoms with Gasteiger partial charge in [0.05, 0.1) is 7.11 Å². The summed E-state index contributed by atoms with van der Waals surface area (Å²) in [5.41, 5.74) is 4.08. The quantitative estimate of drug-likeness (QED) is 0.438. The van der Waals surface area contributed by atoms with E-state index >= 15 is 0 Å². The van der Waals surface area contributed by atoms with E-state index in [9.17, 15) is 4.79 Å². The molecule has 1 aliphatic rings. The van der Waals surface area contributed by atoms with E-state index in [2.05, 4.69) is 22.4 Å². The first-order valence-corrected chi connectivity index (χ1v) is 12.0. The molecular formula is C25H21N2NaO4S. The van der Waals surface area contributed by atoms with Crippen LogP contribution in [0.3, 0.4) is 0 Å². The van der Waals surface area contributed by atoms with Gasteiger partial charge in [0.25, 0.3) is 5.97 Å². The zero-order valence-electron chi connectivity index (χ0n) is 18.5. The minimum absolute atomic E-state index is 0.214. The summed E-state index contributed by atoms with van der Waals surface area (Å²) >= 11 is 2.38. The minimum atomic E-state index is -0.833. The Bertz CT molecular complexity index is 1200. The Morgan fingerprint density at radius 2 is 1.73 bits per heavy atom. The molecule has 4 rings (SSSR count). The molecule has 8 heteroatoms. The Balaban J connectivity index is 0.000000709. The molecule has 0 saturated carbocycles. The molecule has 0 unspecified atom stereocenters. The number of amides is 1. The summed E-state index contributed by atoms with van der Waals surface area (Å²) in [6.07, 6.45) is 1.88. The van der Waals surface area contributed by atoms with E-state index in [1.807, 2.05) is 66.7 Å². The van der Waals surface area contributed by atoms with Crippen LogP contribution in [-0.2, 0) is 9.59 Å². The second-order valence-electron chi connectivity index (χ2n) is 7.20. The van der Waals surface area contributed by atoms with Crippen molar-refractivity contribution in [3.05, 3.63) is 83.3 Å². The van der Waals surface area contributed by atoms with Crippen LogP contribution in [0.2, 0.25) is 0 Å². The predicted octanol–water partition coefficient (Wildman–Crippen LogP) is 4.33. The topological polar surface area (TPSA) is 88.0 Å². The first-order valence-electron chi connectivity index (χ1n) is 10.1. The molecule has 0 bridgehead atoms. The number of carbonyl (C=O) groups is 2. The van der Waals surface area contributed by atoms with Crippen LogP contribution in [0, 0.1) is 0 Å². The number of thioether (sulfide) groups is 1. The van der Waals surface area contributed by atoms with Crippen molar-refractivity contribution in [1.29, 1.82) is 0 Å². The zero-order valence-corrected chi connectivity index (χ0v) is 21.3. The fourth-order valence-electron chi connectivity index (χ4n) is 2.95. The Hall–Kier alpha value is -2.84. The molecular weight excluding hydrogens is 447 g/mol. The number of ether oxygens (including phenoxy) is 1. The molecule has 2 N–H and O–H groups in total. The second kappa shape index (κ2) is 11.9. The van der Waals surface area contributed by atoms with Crippen molar-refractivity contribution in [1.82, 2.24) is 0 Å². The van der Waals surface area contributed by atoms with E-state index in [0.29, 0.717) is 10.1 Å². The summed E-state index contributed by atoms with van der Waals surface area (Å²) in [6, 6.07) is 24.2. The number of anilines is 1. The number of amidine groups is 1. The van der Waals surface area contributed by atoms with E-state index in [0.717, 1.165) is 63.0 Å². The van der Waals surface area contributed by atoms with Gasteiger partial charge in [-0.25, -0.2) is 0 Å². The van der Waals surface area contributed by atoms with Gasteiger partial charge in [0.1, 0.15) is 5.75 Å². The molecule has 1 aliphatic heterocycles. The van der Waals surface area contributed by atoms with Gasteiger partial charge in [0, 0.05) is 6.92 Å². The fourth-order valence-corrected chi connectivity index (χ4v) is 4.12. The number of nitrogens with one attached hydrogen (secondary N) is 1. The van der Waals surface area contributed by atoms with Crippen molar-refractivity contribution < 1.29 is 19.4 Å². The number of methoxy groups -OCH3 is 1. The molecule has 0 aromatic heterocycles. The van der Waals surface area contributed by atoms with Gasteiger partial charge < -0.3 is 9.84 Å². The first-order chi connectivity index (χ1) is 15.8. The average molecular weight is 469 g/mol. The number of hydrogen-bond acceptors (Lipinski definition) is 5. The SMILES string of the molecule is CC(=O)O.COc1cccc(-c2ccc(C=C3SC(Nc4cc[c]([Na])cc4)=NC3=O)cc2)c1. The number of nitrogens with zero attached hydrogens (tertiary/aromatic N) is 1. The van der Waals surface area contributed by atoms with Gasteiger partial charge in [-0.3, -0.25) is 4.79 Å². The normalized spacial score (nSPS) is 13.8. The molecule has 1 heterocycles. The molecule has 0 fully saturated rings. The second-order valence-corrected chi connectivity index (χ2v) is 9.38. The van der Waals surface area contributed by atoms with Crippen molar-refractivity contribution in [2.45, 2.75) is 6.92 Å². The monoisotopic (exact) mass is 468 g/mol. The average Bonchev–Trinajstić information content (AvgIpc) is 3.14. The van der Waals surface area contributed by atoms with Gasteiger partial charge >= 0.3 is 139 Å². The van der Waals surface area contributed by atoms with Crippen LogP contribution < -0.4 is 12.9 Å². The van der Waals surface area contributed by atoms with E-state index < -0.39 is 5.97 Å². The number of carboxylic acids is 1. The standard InChI is InChI=1S/C23H17N2O2S.C2H4O2.Na/c1-27-20-9-5-6-18(15-20)17-12-10-16(11-13-17)14-21-22(26)25-23(28-21)24-19-7-3-2-4-8-19;1-2(3)4;/h3-15H,1H3,(H,24,25,26);1H3,(H,3,4);. The number of aliphatic imine (C=N–C) groups is 1. The van der Waals surface area contributed by atoms with Crippen molar-refractivity contribution in [3.63, 3.8) is 0 Å². The summed E-state index contributed by atoms with van der Waals surface area (Å²) in [5.74, 6) is -0.219. The van der Waals surface area contributed by atoms with Crippen LogP contribution in [0.15, 0.2) is 82.7 Å². The summed E-state index contributed by atoms with van der Waals surface area (Å²) in [6.45, 7) is 1.08. The number of carboxylic acid groups (broad SMARTS) is 1. The number of hydrogen-bond donors (Lipinski definition) is 2. The molecule has 0 saturated heterocycles. The van der Waals surface area contributed by atoms with Crippen molar-refractivity contribution in [2.75, 3.05) is 12.4 Å². The van der Waals surface area contributed by atoms with Crippen molar-refractivity contribution in [3.8, 4) is 16.9 Å². The summed E-state index contributed by atoms with van der Waals surface area (Å²) in [7, 11) is 1.66. The number of benzene rings is 3. The molecule has 0 radical (unpaired) electrons. The van der Waals surface area contributed by atoms with Crippen LogP contribution in [0.25, 0.3) is 17.2 Å². The van der Waals surface area contributed by atoms with Crippen molar-refractivity contribution >= 4 is 71.3 Å². The van der Waals surface area contributed by atoms with Gasteiger partial charge in [-0.2, -0.15) is 0 Å². The molecule has 6 nitrogen and oxygen atoms in total. The van der Waals surface area contributed by atoms with Gasteiger partial charge in [0.15, 0.2) is 0 Å². The molecule has 3 aromatic carbocycles. The Kier molecular flexibility index (Phi) is 8.91. The van der Waals surface area contributed by atoms with Crippen LogP contribution in [0.1, 0.15) is 12.5 Å². The third-order valence-corrected chi connectivity index (χ3v) is 6.10. The maximum atomic E-state index is 12.3. The summed E-state index contributed by atoms with van der Waals surface area (Å²) in [5, 5.41) is 11.2. The van der Waals surface area contributed by atoms with Crippen LogP contribution in [-0.4, -0.2) is 57.2 Å². The third kappa shape index (κ3) is 7.61. The van der Waals surface area contributed by atoms with E-state index in [1.54, 1.807) is 7.11 Å². The Labute approximate surface area is 214 Å². The molecule has 33 heavy (non-hydrogen) atoms. The molecule has 1 amide bonds. The summed E-state index contributed by atoms with van der Waals surface area (Å²) in [4.78, 5) is 26.0. The van der Waals surface area contributed by atoms with Gasteiger partial charge in [0.2, 0.25) is 0 Å². The number of rotatable bonds is 4. The van der Waals surface area contributed by atoms with E-state index in [-0.39, 0.29) is 5.91 Å². The van der Waals surface area contributed by atoms with Gasteiger partial charge in [-0.05, 0) is 23.3 Å². The smallest absolute Gasteiger partial charge is 0.0121 e. The summed E-state index contributed by atoms with van der Waals surface area (Å²) < 4.78 is 6.62. The Morgan fingerprint density at radius 3 is 2.36 bits per heavy atom. The molecule has 3 aromatic rings. The van der Waals surface area contributed by atoms with E-state index in [1.165, 1.54) is 14.6 Å². The van der Waals surface area contributed by atoms with Crippen LogP contribution >= 0.6 is 11.8 Å². The fraction of sp³-hybridized carbons (Fsp3) is 0.0800. The van der Waals surface area contributed by atoms with Gasteiger partial charge in [-0.15, -0.1) is 0 Å². The predicted molar refractivity (Wildman–Crippen MR) is 135 cm³/mol. The minimum Gasteiger partial charge on any atom is -0.0121 e. The van der Waals surface area contributed by atoms with Gasteiger partial charge in [-0.1, -0.05) is 12.1 Å². The first kappa shape index (κ1) is 24.8. The van der Waals surface area contributed by atoms with Crippen LogP contribution in [0.5, 0.6) is 5.75 Å².